The maximum Gasteiger partial charge on any atom is 0.287 e. The first-order valence-corrected chi connectivity index (χ1v) is 5.69. The van der Waals surface area contributed by atoms with Crippen LogP contribution in [0.25, 0.3) is 0 Å². The molecule has 0 spiro atoms. The fourth-order valence-corrected chi connectivity index (χ4v) is 1.21. The molecule has 0 fully saturated rings. The van der Waals surface area contributed by atoms with E-state index >= 15 is 0 Å². The summed E-state index contributed by atoms with van der Waals surface area (Å²) in [6.45, 7) is 5.54. The van der Waals surface area contributed by atoms with Crippen LogP contribution in [0.5, 0.6) is 0 Å². The van der Waals surface area contributed by atoms with Crippen LogP contribution >= 0.6 is 0 Å². The predicted octanol–water partition coefficient (Wildman–Crippen LogP) is 1.31. The highest BCUT2D eigenvalue weighted by Gasteiger charge is 2.18. The van der Waals surface area contributed by atoms with Crippen molar-refractivity contribution in [1.82, 2.24) is 10.6 Å². The fraction of sp³-hybridized carbons (Fsp3) is 0.500. The molecule has 94 valence electrons. The largest absolute Gasteiger partial charge is 0.459 e. The van der Waals surface area contributed by atoms with E-state index in [0.29, 0.717) is 0 Å². The van der Waals surface area contributed by atoms with Gasteiger partial charge in [-0.1, -0.05) is 6.92 Å². The molecule has 17 heavy (non-hydrogen) atoms. The minimum Gasteiger partial charge on any atom is -0.459 e. The summed E-state index contributed by atoms with van der Waals surface area (Å²) in [4.78, 5) is 23.3. The van der Waals surface area contributed by atoms with E-state index in [-0.39, 0.29) is 23.6 Å². The molecule has 0 bridgehead atoms. The summed E-state index contributed by atoms with van der Waals surface area (Å²) < 4.78 is 4.93. The van der Waals surface area contributed by atoms with Crippen LogP contribution in [0.3, 0.4) is 0 Å². The number of hydrogen-bond acceptors (Lipinski definition) is 3. The van der Waals surface area contributed by atoms with Gasteiger partial charge in [0.1, 0.15) is 6.04 Å². The number of hydrogen-bond donors (Lipinski definition) is 2. The van der Waals surface area contributed by atoms with Gasteiger partial charge in [-0.3, -0.25) is 9.59 Å². The van der Waals surface area contributed by atoms with Gasteiger partial charge in [0.2, 0.25) is 5.91 Å². The third-order valence-corrected chi connectivity index (χ3v) is 2.49. The Morgan fingerprint density at radius 2 is 2.06 bits per heavy atom. The molecule has 1 aromatic heterocycles. The summed E-state index contributed by atoms with van der Waals surface area (Å²) in [6, 6.07) is 2.69. The second-order valence-electron chi connectivity index (χ2n) is 3.99. The van der Waals surface area contributed by atoms with Crippen LogP contribution in [-0.2, 0) is 4.79 Å². The Labute approximate surface area is 101 Å². The second-order valence-corrected chi connectivity index (χ2v) is 3.99. The van der Waals surface area contributed by atoms with Gasteiger partial charge in [-0.15, -0.1) is 0 Å². The molecule has 0 radical (unpaired) electrons. The molecule has 5 nitrogen and oxygen atoms in total. The van der Waals surface area contributed by atoms with Gasteiger partial charge in [0, 0.05) is 6.04 Å². The lowest BCUT2D eigenvalue weighted by Crippen LogP contribution is -2.47. The number of carbonyl (C=O) groups excluding carboxylic acids is 2. The Morgan fingerprint density at radius 3 is 2.59 bits per heavy atom. The molecule has 0 unspecified atom stereocenters. The second kappa shape index (κ2) is 6.08. The van der Waals surface area contributed by atoms with Gasteiger partial charge in [-0.05, 0) is 32.4 Å². The van der Waals surface area contributed by atoms with E-state index in [1.807, 2.05) is 13.8 Å². The van der Waals surface area contributed by atoms with E-state index in [4.69, 9.17) is 4.42 Å². The molecule has 0 aliphatic carbocycles. The minimum absolute atomic E-state index is 0.102. The van der Waals surface area contributed by atoms with Gasteiger partial charge < -0.3 is 15.1 Å². The van der Waals surface area contributed by atoms with Crippen LogP contribution in [0.1, 0.15) is 37.7 Å². The molecule has 0 aromatic carbocycles. The molecule has 2 N–H and O–H groups in total. The molecule has 2 atom stereocenters. The summed E-state index contributed by atoms with van der Waals surface area (Å²) in [6.07, 6.45) is 2.27. The third-order valence-electron chi connectivity index (χ3n) is 2.49. The first kappa shape index (κ1) is 13.3. The zero-order valence-electron chi connectivity index (χ0n) is 10.3. The fourth-order valence-electron chi connectivity index (χ4n) is 1.21. The average molecular weight is 238 g/mol. The van der Waals surface area contributed by atoms with E-state index in [2.05, 4.69) is 10.6 Å². The first-order valence-electron chi connectivity index (χ1n) is 5.69. The van der Waals surface area contributed by atoms with E-state index in [1.165, 1.54) is 6.26 Å². The van der Waals surface area contributed by atoms with Crippen LogP contribution in [0, 0.1) is 0 Å². The van der Waals surface area contributed by atoms with Crippen LogP contribution < -0.4 is 10.6 Å². The van der Waals surface area contributed by atoms with Crippen LogP contribution in [0.15, 0.2) is 22.8 Å². The van der Waals surface area contributed by atoms with Crippen molar-refractivity contribution >= 4 is 11.8 Å². The Morgan fingerprint density at radius 1 is 1.35 bits per heavy atom. The highest BCUT2D eigenvalue weighted by molar-refractivity contribution is 5.95. The van der Waals surface area contributed by atoms with E-state index in [0.717, 1.165) is 6.42 Å². The average Bonchev–Trinajstić information content (AvgIpc) is 2.82. The molecular formula is C12H18N2O3. The molecule has 1 aromatic rings. The standard InChI is InChI=1S/C12H18N2O3/c1-4-8(2)13-11(15)9(3)14-12(16)10-6-5-7-17-10/h5-9H,4H2,1-3H3,(H,13,15)(H,14,16)/t8-,9+/m1/s1. The molecular weight excluding hydrogens is 220 g/mol. The van der Waals surface area contributed by atoms with Crippen molar-refractivity contribution < 1.29 is 14.0 Å². The van der Waals surface area contributed by atoms with Crippen molar-refractivity contribution in [3.05, 3.63) is 24.2 Å². The quantitative estimate of drug-likeness (QED) is 0.812. The number of furan rings is 1. The number of carbonyl (C=O) groups is 2. The van der Waals surface area contributed by atoms with Crippen LogP contribution in [0.2, 0.25) is 0 Å². The smallest absolute Gasteiger partial charge is 0.287 e. The zero-order valence-corrected chi connectivity index (χ0v) is 10.3. The highest BCUT2D eigenvalue weighted by atomic mass is 16.3. The lowest BCUT2D eigenvalue weighted by Gasteiger charge is -2.16. The SMILES string of the molecule is CC[C@@H](C)NC(=O)[C@H](C)NC(=O)c1ccco1. The maximum atomic E-state index is 11.7. The topological polar surface area (TPSA) is 71.3 Å². The van der Waals surface area contributed by atoms with Crippen LogP contribution in [0.4, 0.5) is 0 Å². The normalized spacial score (nSPS) is 13.8. The highest BCUT2D eigenvalue weighted by Crippen LogP contribution is 2.00. The van der Waals surface area contributed by atoms with E-state index in [9.17, 15) is 9.59 Å². The molecule has 0 aliphatic heterocycles. The summed E-state index contributed by atoms with van der Waals surface area (Å²) in [5, 5.41) is 5.36. The Balaban J connectivity index is 2.46. The summed E-state index contributed by atoms with van der Waals surface area (Å²) in [5.41, 5.74) is 0. The van der Waals surface area contributed by atoms with Crippen molar-refractivity contribution in [2.75, 3.05) is 0 Å². The first-order chi connectivity index (χ1) is 8.04. The lowest BCUT2D eigenvalue weighted by atomic mass is 10.2. The van der Waals surface area contributed by atoms with Crippen molar-refractivity contribution in [2.24, 2.45) is 0 Å². The van der Waals surface area contributed by atoms with Gasteiger partial charge in [0.25, 0.3) is 5.91 Å². The van der Waals surface area contributed by atoms with Gasteiger partial charge in [-0.25, -0.2) is 0 Å². The Bertz CT molecular complexity index is 373. The summed E-state index contributed by atoms with van der Waals surface area (Å²) in [7, 11) is 0. The summed E-state index contributed by atoms with van der Waals surface area (Å²) in [5.74, 6) is -0.380. The minimum atomic E-state index is -0.582. The van der Waals surface area contributed by atoms with Crippen molar-refractivity contribution in [3.8, 4) is 0 Å². The molecule has 1 heterocycles. The monoisotopic (exact) mass is 238 g/mol. The van der Waals surface area contributed by atoms with Crippen molar-refractivity contribution in [3.63, 3.8) is 0 Å². The van der Waals surface area contributed by atoms with E-state index < -0.39 is 6.04 Å². The number of nitrogens with one attached hydrogen (secondary N) is 2. The van der Waals surface area contributed by atoms with Crippen molar-refractivity contribution in [1.29, 1.82) is 0 Å². The maximum absolute atomic E-state index is 11.7. The van der Waals surface area contributed by atoms with Gasteiger partial charge in [0.05, 0.1) is 6.26 Å². The van der Waals surface area contributed by atoms with Gasteiger partial charge in [-0.2, -0.15) is 0 Å². The van der Waals surface area contributed by atoms with Crippen molar-refractivity contribution in [2.45, 2.75) is 39.3 Å². The number of amides is 2. The zero-order chi connectivity index (χ0) is 12.8. The molecule has 2 amide bonds. The number of rotatable bonds is 5. The lowest BCUT2D eigenvalue weighted by molar-refractivity contribution is -0.123. The molecule has 1 rings (SSSR count). The van der Waals surface area contributed by atoms with Gasteiger partial charge >= 0.3 is 0 Å². The summed E-state index contributed by atoms with van der Waals surface area (Å²) >= 11 is 0. The van der Waals surface area contributed by atoms with Gasteiger partial charge in [0.15, 0.2) is 5.76 Å². The third kappa shape index (κ3) is 3.94. The van der Waals surface area contributed by atoms with Crippen LogP contribution in [-0.4, -0.2) is 23.9 Å². The molecule has 0 saturated heterocycles. The Kier molecular flexibility index (Phi) is 4.75. The molecule has 5 heteroatoms. The molecule has 0 saturated carbocycles. The molecule has 0 aliphatic rings. The Hall–Kier alpha value is -1.78. The van der Waals surface area contributed by atoms with E-state index in [1.54, 1.807) is 19.1 Å². The predicted molar refractivity (Wildman–Crippen MR) is 63.5 cm³/mol.